The van der Waals surface area contributed by atoms with Crippen molar-refractivity contribution in [2.45, 2.75) is 76.9 Å². The summed E-state index contributed by atoms with van der Waals surface area (Å²) in [6, 6.07) is 4.06. The minimum absolute atomic E-state index is 0.146. The molecular weight excluding hydrogens is 482 g/mol. The molecule has 0 radical (unpaired) electrons. The van der Waals surface area contributed by atoms with Crippen molar-refractivity contribution >= 4 is 29.3 Å². The third-order valence-corrected chi connectivity index (χ3v) is 6.87. The maximum atomic E-state index is 12.6. The summed E-state index contributed by atoms with van der Waals surface area (Å²) in [4.78, 5) is 23.7. The molecule has 0 aliphatic carbocycles. The Hall–Kier alpha value is -2.99. The summed E-state index contributed by atoms with van der Waals surface area (Å²) in [5, 5.41) is 21.3. The minimum Gasteiger partial charge on any atom is -0.507 e. The second-order valence-electron chi connectivity index (χ2n) is 8.50. The number of aromatic carboxylic acids is 1. The van der Waals surface area contributed by atoms with E-state index in [1.165, 1.54) is 18.2 Å². The average molecular weight is 526 g/mol. The molecule has 0 aliphatic heterocycles. The van der Waals surface area contributed by atoms with Gasteiger partial charge in [-0.25, -0.2) is 4.79 Å². The van der Waals surface area contributed by atoms with Gasteiger partial charge in [0.05, 0.1) is 5.25 Å². The first-order valence-corrected chi connectivity index (χ1v) is 14.3. The Morgan fingerprint density at radius 3 is 1.97 bits per heavy atom. The highest BCUT2D eigenvalue weighted by molar-refractivity contribution is 8.00. The molecule has 202 valence electrons. The molecule has 0 aliphatic rings. The zero-order valence-electron chi connectivity index (χ0n) is 22.3. The number of hydrogen-bond donors (Lipinski definition) is 3. The number of carbonyl (C=O) groups excluding carboxylic acids is 1. The fourth-order valence-electron chi connectivity index (χ4n) is 3.35. The molecule has 0 saturated carbocycles. The van der Waals surface area contributed by atoms with Gasteiger partial charge in [-0.3, -0.25) is 4.79 Å². The highest BCUT2D eigenvalue weighted by Crippen LogP contribution is 2.23. The van der Waals surface area contributed by atoms with E-state index in [4.69, 9.17) is 5.11 Å². The van der Waals surface area contributed by atoms with Gasteiger partial charge < -0.3 is 15.5 Å². The molecule has 3 N–H and O–H groups in total. The van der Waals surface area contributed by atoms with Crippen LogP contribution in [-0.4, -0.2) is 33.1 Å². The van der Waals surface area contributed by atoms with Crippen molar-refractivity contribution in [3.05, 3.63) is 84.5 Å². The lowest BCUT2D eigenvalue weighted by atomic mass is 10.1. The summed E-state index contributed by atoms with van der Waals surface area (Å²) < 4.78 is 0. The number of aromatic hydroxyl groups is 1. The van der Waals surface area contributed by atoms with Gasteiger partial charge in [-0.2, -0.15) is 0 Å². The van der Waals surface area contributed by atoms with Gasteiger partial charge in [-0.1, -0.05) is 74.6 Å². The van der Waals surface area contributed by atoms with Crippen LogP contribution in [0.5, 0.6) is 5.75 Å². The number of amides is 1. The molecule has 0 unspecified atom stereocenters. The van der Waals surface area contributed by atoms with E-state index in [1.807, 2.05) is 6.92 Å². The van der Waals surface area contributed by atoms with Crippen molar-refractivity contribution in [3.63, 3.8) is 0 Å². The predicted molar refractivity (Wildman–Crippen MR) is 159 cm³/mol. The Bertz CT molecular complexity index is 947. The van der Waals surface area contributed by atoms with E-state index in [1.54, 1.807) is 11.8 Å². The molecule has 1 aromatic carbocycles. The van der Waals surface area contributed by atoms with Gasteiger partial charge in [-0.05, 0) is 81.7 Å². The van der Waals surface area contributed by atoms with Crippen LogP contribution in [-0.2, 0) is 4.79 Å². The fraction of sp³-hybridized carbons (Fsp3) is 0.419. The van der Waals surface area contributed by atoms with Gasteiger partial charge in [0.15, 0.2) is 0 Å². The number of unbranched alkanes of at least 4 members (excludes halogenated alkanes) is 2. The number of phenols is 1. The highest BCUT2D eigenvalue weighted by atomic mass is 32.2. The van der Waals surface area contributed by atoms with Crippen LogP contribution in [0.25, 0.3) is 0 Å². The minimum atomic E-state index is -1.23. The quantitative estimate of drug-likeness (QED) is 0.0958. The van der Waals surface area contributed by atoms with Crippen LogP contribution < -0.4 is 5.32 Å². The highest BCUT2D eigenvalue weighted by Gasteiger charge is 2.18. The average Bonchev–Trinajstić information content (AvgIpc) is 2.88. The number of benzene rings is 1. The van der Waals surface area contributed by atoms with Crippen molar-refractivity contribution in [2.75, 3.05) is 11.1 Å². The first-order chi connectivity index (χ1) is 18.0. The van der Waals surface area contributed by atoms with Crippen molar-refractivity contribution in [2.24, 2.45) is 0 Å². The van der Waals surface area contributed by atoms with E-state index >= 15 is 0 Å². The molecular formula is C31H43NO4S. The summed E-state index contributed by atoms with van der Waals surface area (Å²) in [7, 11) is 0. The summed E-state index contributed by atoms with van der Waals surface area (Å²) in [5.74, 6) is -0.804. The number of rotatable bonds is 19. The van der Waals surface area contributed by atoms with Gasteiger partial charge >= 0.3 is 5.97 Å². The number of hydrogen-bond acceptors (Lipinski definition) is 4. The third-order valence-electron chi connectivity index (χ3n) is 5.40. The number of nitrogens with one attached hydrogen (secondary N) is 1. The maximum absolute atomic E-state index is 12.6. The number of allylic oxidation sites excluding steroid dienone is 10. The van der Waals surface area contributed by atoms with E-state index in [9.17, 15) is 14.7 Å². The largest absolute Gasteiger partial charge is 0.507 e. The summed E-state index contributed by atoms with van der Waals surface area (Å²) in [5.41, 5.74) is 0.145. The second-order valence-corrected chi connectivity index (χ2v) is 9.81. The number of carboxylic acids is 1. The molecule has 5 nitrogen and oxygen atoms in total. The molecule has 0 saturated heterocycles. The fourth-order valence-corrected chi connectivity index (χ4v) is 4.45. The van der Waals surface area contributed by atoms with Gasteiger partial charge in [0.25, 0.3) is 0 Å². The van der Waals surface area contributed by atoms with Crippen molar-refractivity contribution < 1.29 is 19.8 Å². The normalized spacial score (nSPS) is 13.0. The second kappa shape index (κ2) is 21.1. The van der Waals surface area contributed by atoms with E-state index in [0.717, 1.165) is 57.1 Å². The Kier molecular flexibility index (Phi) is 18.3. The molecule has 1 amide bonds. The van der Waals surface area contributed by atoms with Crippen LogP contribution in [0.1, 0.15) is 82.0 Å². The SMILES string of the molecule is CCC=CCC=CCC=CCC=CCC=CCCCCS[C@H](CC)C(=O)Nc1ccc(O)c(C(=O)O)c1. The van der Waals surface area contributed by atoms with Crippen LogP contribution in [0, 0.1) is 0 Å². The molecule has 6 heteroatoms. The van der Waals surface area contributed by atoms with Gasteiger partial charge in [0.2, 0.25) is 5.91 Å². The standard InChI is InChI=1S/C31H43NO4S/c1-3-5-6-7-8-9-10-11-12-13-14-15-16-17-18-19-20-21-24-37-29(4-2)30(34)32-26-22-23-28(33)27(25-26)31(35)36/h5-6,8-9,11-12,14-15,17-18,22-23,25,29,33H,3-4,7,10,13,16,19-21,24H2,1-2H3,(H,32,34)(H,35,36)/t29-/m1/s1. The van der Waals surface area contributed by atoms with Crippen LogP contribution in [0.3, 0.4) is 0 Å². The van der Waals surface area contributed by atoms with Crippen LogP contribution in [0.4, 0.5) is 5.69 Å². The van der Waals surface area contributed by atoms with Gasteiger partial charge in [0, 0.05) is 5.69 Å². The molecule has 0 heterocycles. The first kappa shape index (κ1) is 32.0. The van der Waals surface area contributed by atoms with Crippen molar-refractivity contribution in [1.29, 1.82) is 0 Å². The summed E-state index contributed by atoms with van der Waals surface area (Å²) >= 11 is 1.62. The molecule has 37 heavy (non-hydrogen) atoms. The Labute approximate surface area is 227 Å². The third kappa shape index (κ3) is 15.7. The summed E-state index contributed by atoms with van der Waals surface area (Å²) in [6.07, 6.45) is 30.9. The van der Waals surface area contributed by atoms with Crippen molar-refractivity contribution in [3.8, 4) is 5.75 Å². The first-order valence-electron chi connectivity index (χ1n) is 13.2. The molecule has 0 aromatic heterocycles. The number of anilines is 1. The van der Waals surface area contributed by atoms with Gasteiger partial charge in [0.1, 0.15) is 11.3 Å². The Morgan fingerprint density at radius 2 is 1.43 bits per heavy atom. The lowest BCUT2D eigenvalue weighted by molar-refractivity contribution is -0.115. The van der Waals surface area contributed by atoms with Crippen molar-refractivity contribution in [1.82, 2.24) is 0 Å². The Morgan fingerprint density at radius 1 is 0.865 bits per heavy atom. The zero-order chi connectivity index (χ0) is 27.1. The van der Waals surface area contributed by atoms with Crippen LogP contribution >= 0.6 is 11.8 Å². The lowest BCUT2D eigenvalue weighted by Gasteiger charge is -2.15. The van der Waals surface area contributed by atoms with Gasteiger partial charge in [-0.15, -0.1) is 11.8 Å². The van der Waals surface area contributed by atoms with Crippen LogP contribution in [0.15, 0.2) is 79.0 Å². The molecule has 0 bridgehead atoms. The van der Waals surface area contributed by atoms with E-state index in [2.05, 4.69) is 73.0 Å². The number of thioether (sulfide) groups is 1. The number of carboxylic acid groups (broad SMARTS) is 1. The molecule has 0 fully saturated rings. The summed E-state index contributed by atoms with van der Waals surface area (Å²) in [6.45, 7) is 4.11. The maximum Gasteiger partial charge on any atom is 0.339 e. The monoisotopic (exact) mass is 525 g/mol. The Balaban J connectivity index is 2.15. The zero-order valence-corrected chi connectivity index (χ0v) is 23.1. The predicted octanol–water partition coefficient (Wildman–Crippen LogP) is 8.46. The molecule has 0 spiro atoms. The van der Waals surface area contributed by atoms with E-state index in [-0.39, 0.29) is 22.5 Å². The lowest BCUT2D eigenvalue weighted by Crippen LogP contribution is -2.25. The topological polar surface area (TPSA) is 86.6 Å². The molecule has 1 aromatic rings. The molecule has 1 rings (SSSR count). The molecule has 1 atom stereocenters. The smallest absolute Gasteiger partial charge is 0.339 e. The van der Waals surface area contributed by atoms with Crippen LogP contribution in [0.2, 0.25) is 0 Å². The van der Waals surface area contributed by atoms with E-state index in [0.29, 0.717) is 12.1 Å². The number of carbonyl (C=O) groups is 2. The van der Waals surface area contributed by atoms with E-state index < -0.39 is 5.97 Å².